The number of rotatable bonds is 5. The molecule has 0 N–H and O–H groups in total. The minimum Gasteiger partial charge on any atom is -0.352 e. The van der Waals surface area contributed by atoms with Gasteiger partial charge in [-0.1, -0.05) is 37.3 Å². The van der Waals surface area contributed by atoms with Crippen molar-refractivity contribution in [3.8, 4) is 11.3 Å². The number of benzene rings is 2. The average Bonchev–Trinajstić information content (AvgIpc) is 2.81. The van der Waals surface area contributed by atoms with Crippen LogP contribution in [-0.4, -0.2) is 49.1 Å². The third-order valence-corrected chi connectivity index (χ3v) is 7.88. The molecule has 0 unspecified atom stereocenters. The molecule has 1 aromatic heterocycles. The maximum absolute atomic E-state index is 13.0. The molecule has 7 heteroatoms. The summed E-state index contributed by atoms with van der Waals surface area (Å²) < 4.78 is 27.6. The van der Waals surface area contributed by atoms with Crippen LogP contribution in [0.1, 0.15) is 23.6 Å². The largest absolute Gasteiger partial charge is 0.352 e. The van der Waals surface area contributed by atoms with Gasteiger partial charge in [0.05, 0.1) is 10.6 Å². The predicted molar refractivity (Wildman–Crippen MR) is 124 cm³/mol. The van der Waals surface area contributed by atoms with Crippen LogP contribution >= 0.6 is 0 Å². The summed E-state index contributed by atoms with van der Waals surface area (Å²) in [6.07, 6.45) is 1.01. The van der Waals surface area contributed by atoms with Gasteiger partial charge in [-0.2, -0.15) is 4.31 Å². The van der Waals surface area contributed by atoms with Gasteiger partial charge in [-0.05, 0) is 61.2 Å². The first-order valence-corrected chi connectivity index (χ1v) is 12.1. The van der Waals surface area contributed by atoms with Crippen LogP contribution in [0.25, 0.3) is 11.3 Å². The SMILES string of the molecule is CCc1ccc(-c2ccc(N3CCN(S(=O)(=O)c4ccc(C)c(C)c4)CC3)nn2)cc1. The molecule has 4 rings (SSSR count). The second-order valence-corrected chi connectivity index (χ2v) is 9.90. The van der Waals surface area contributed by atoms with Gasteiger partial charge in [0.15, 0.2) is 5.82 Å². The molecule has 31 heavy (non-hydrogen) atoms. The fourth-order valence-corrected chi connectivity index (χ4v) is 5.25. The van der Waals surface area contributed by atoms with Crippen molar-refractivity contribution >= 4 is 15.8 Å². The van der Waals surface area contributed by atoms with E-state index in [2.05, 4.69) is 46.3 Å². The molecule has 2 heterocycles. The van der Waals surface area contributed by atoms with E-state index in [1.54, 1.807) is 16.4 Å². The van der Waals surface area contributed by atoms with Crippen molar-refractivity contribution < 1.29 is 8.42 Å². The molecular formula is C24H28N4O2S. The van der Waals surface area contributed by atoms with Crippen LogP contribution in [0.15, 0.2) is 59.5 Å². The first-order chi connectivity index (χ1) is 14.9. The highest BCUT2D eigenvalue weighted by Crippen LogP contribution is 2.23. The number of sulfonamides is 1. The summed E-state index contributed by atoms with van der Waals surface area (Å²) in [4.78, 5) is 2.45. The second kappa shape index (κ2) is 8.77. The highest BCUT2D eigenvalue weighted by Gasteiger charge is 2.29. The Morgan fingerprint density at radius 3 is 2.13 bits per heavy atom. The summed E-state index contributed by atoms with van der Waals surface area (Å²) in [6.45, 7) is 8.08. The Balaban J connectivity index is 1.42. The van der Waals surface area contributed by atoms with Gasteiger partial charge >= 0.3 is 0 Å². The van der Waals surface area contributed by atoms with Crippen molar-refractivity contribution in [1.29, 1.82) is 0 Å². The average molecular weight is 437 g/mol. The predicted octanol–water partition coefficient (Wildman–Crippen LogP) is 3.83. The molecule has 0 atom stereocenters. The summed E-state index contributed by atoms with van der Waals surface area (Å²) in [5.41, 5.74) is 5.25. The molecule has 162 valence electrons. The quantitative estimate of drug-likeness (QED) is 0.608. The summed E-state index contributed by atoms with van der Waals surface area (Å²) in [5.74, 6) is 0.775. The lowest BCUT2D eigenvalue weighted by atomic mass is 10.1. The Morgan fingerprint density at radius 1 is 0.839 bits per heavy atom. The molecule has 0 radical (unpaired) electrons. The Morgan fingerprint density at radius 2 is 1.55 bits per heavy atom. The summed E-state index contributed by atoms with van der Waals surface area (Å²) in [6, 6.07) is 17.6. The van der Waals surface area contributed by atoms with E-state index in [-0.39, 0.29) is 0 Å². The van der Waals surface area contributed by atoms with Crippen LogP contribution in [0.4, 0.5) is 5.82 Å². The van der Waals surface area contributed by atoms with Crippen LogP contribution in [0.2, 0.25) is 0 Å². The maximum atomic E-state index is 13.0. The molecule has 0 spiro atoms. The van der Waals surface area contributed by atoms with Crippen molar-refractivity contribution in [3.63, 3.8) is 0 Å². The van der Waals surface area contributed by atoms with Crippen LogP contribution in [0.5, 0.6) is 0 Å². The van der Waals surface area contributed by atoms with Crippen LogP contribution in [0.3, 0.4) is 0 Å². The number of piperazine rings is 1. The zero-order chi connectivity index (χ0) is 22.0. The van der Waals surface area contributed by atoms with E-state index in [0.29, 0.717) is 31.1 Å². The molecule has 0 amide bonds. The molecule has 1 saturated heterocycles. The molecule has 0 aliphatic carbocycles. The monoisotopic (exact) mass is 436 g/mol. The zero-order valence-electron chi connectivity index (χ0n) is 18.2. The van der Waals surface area contributed by atoms with E-state index < -0.39 is 10.0 Å². The van der Waals surface area contributed by atoms with E-state index in [1.807, 2.05) is 32.0 Å². The van der Waals surface area contributed by atoms with Gasteiger partial charge in [-0.15, -0.1) is 10.2 Å². The Kier molecular flexibility index (Phi) is 6.07. The topological polar surface area (TPSA) is 66.4 Å². The van der Waals surface area contributed by atoms with Gasteiger partial charge < -0.3 is 4.90 Å². The lowest BCUT2D eigenvalue weighted by molar-refractivity contribution is 0.383. The van der Waals surface area contributed by atoms with Gasteiger partial charge in [0.25, 0.3) is 0 Å². The minimum absolute atomic E-state index is 0.363. The van der Waals surface area contributed by atoms with Crippen molar-refractivity contribution in [2.24, 2.45) is 0 Å². The summed E-state index contributed by atoms with van der Waals surface area (Å²) in [7, 11) is -3.48. The summed E-state index contributed by atoms with van der Waals surface area (Å²) >= 11 is 0. The first-order valence-electron chi connectivity index (χ1n) is 10.6. The molecule has 1 aliphatic rings. The van der Waals surface area contributed by atoms with Crippen molar-refractivity contribution in [3.05, 3.63) is 71.3 Å². The lowest BCUT2D eigenvalue weighted by Gasteiger charge is -2.34. The molecular weight excluding hydrogens is 408 g/mol. The Hall–Kier alpha value is -2.77. The molecule has 0 saturated carbocycles. The second-order valence-electron chi connectivity index (χ2n) is 7.96. The zero-order valence-corrected chi connectivity index (χ0v) is 19.1. The number of hydrogen-bond donors (Lipinski definition) is 0. The number of aryl methyl sites for hydroxylation is 3. The molecule has 3 aromatic rings. The fraction of sp³-hybridized carbons (Fsp3) is 0.333. The molecule has 2 aromatic carbocycles. The van der Waals surface area contributed by atoms with Gasteiger partial charge in [-0.25, -0.2) is 8.42 Å². The van der Waals surface area contributed by atoms with Crippen LogP contribution in [0, 0.1) is 13.8 Å². The van der Waals surface area contributed by atoms with Gasteiger partial charge in [0.2, 0.25) is 10.0 Å². The third kappa shape index (κ3) is 4.48. The summed E-state index contributed by atoms with van der Waals surface area (Å²) in [5, 5.41) is 8.79. The number of hydrogen-bond acceptors (Lipinski definition) is 5. The van der Waals surface area contributed by atoms with Crippen molar-refractivity contribution in [2.45, 2.75) is 32.1 Å². The van der Waals surface area contributed by atoms with E-state index in [1.165, 1.54) is 5.56 Å². The number of anilines is 1. The highest BCUT2D eigenvalue weighted by molar-refractivity contribution is 7.89. The Bertz CT molecular complexity index is 1150. The van der Waals surface area contributed by atoms with Gasteiger partial charge in [0, 0.05) is 31.7 Å². The minimum atomic E-state index is -3.48. The third-order valence-electron chi connectivity index (χ3n) is 5.99. The van der Waals surface area contributed by atoms with Crippen molar-refractivity contribution in [2.75, 3.05) is 31.1 Å². The fourth-order valence-electron chi connectivity index (χ4n) is 3.74. The number of aromatic nitrogens is 2. The van der Waals surface area contributed by atoms with E-state index >= 15 is 0 Å². The normalized spacial score (nSPS) is 15.3. The molecule has 1 aliphatic heterocycles. The maximum Gasteiger partial charge on any atom is 0.243 e. The van der Waals surface area contributed by atoms with Crippen LogP contribution < -0.4 is 4.90 Å². The van der Waals surface area contributed by atoms with Crippen LogP contribution in [-0.2, 0) is 16.4 Å². The molecule has 6 nitrogen and oxygen atoms in total. The lowest BCUT2D eigenvalue weighted by Crippen LogP contribution is -2.49. The van der Waals surface area contributed by atoms with E-state index in [9.17, 15) is 8.42 Å². The number of nitrogens with zero attached hydrogens (tertiary/aromatic N) is 4. The van der Waals surface area contributed by atoms with E-state index in [4.69, 9.17) is 0 Å². The smallest absolute Gasteiger partial charge is 0.243 e. The van der Waals surface area contributed by atoms with E-state index in [0.717, 1.165) is 34.6 Å². The highest BCUT2D eigenvalue weighted by atomic mass is 32.2. The van der Waals surface area contributed by atoms with Crippen molar-refractivity contribution in [1.82, 2.24) is 14.5 Å². The van der Waals surface area contributed by atoms with Gasteiger partial charge in [0.1, 0.15) is 0 Å². The Labute approximate surface area is 184 Å². The standard InChI is InChI=1S/C24H28N4O2S/c1-4-20-6-8-21(9-7-20)23-11-12-24(26-25-23)27-13-15-28(16-14-27)31(29,30)22-10-5-18(2)19(3)17-22/h5-12,17H,4,13-16H2,1-3H3. The van der Waals surface area contributed by atoms with Gasteiger partial charge in [-0.3, -0.25) is 0 Å². The molecule has 1 fully saturated rings. The molecule has 0 bridgehead atoms. The first kappa shape index (κ1) is 21.5.